The van der Waals surface area contributed by atoms with Crippen molar-refractivity contribution in [3.63, 3.8) is 0 Å². The van der Waals surface area contributed by atoms with Gasteiger partial charge in [0, 0.05) is 4.90 Å². The third-order valence-electron chi connectivity index (χ3n) is 2.24. The molecular formula is C13H12O3S. The topological polar surface area (TPSA) is 39.4 Å². The molecule has 88 valence electrons. The van der Waals surface area contributed by atoms with Crippen LogP contribution in [0.3, 0.4) is 0 Å². The van der Waals surface area contributed by atoms with Gasteiger partial charge < -0.3 is 9.15 Å². The van der Waals surface area contributed by atoms with E-state index in [0.717, 1.165) is 5.75 Å². The van der Waals surface area contributed by atoms with E-state index in [0.29, 0.717) is 24.4 Å². The minimum Gasteiger partial charge on any atom is -0.486 e. The van der Waals surface area contributed by atoms with Gasteiger partial charge in [-0.3, -0.25) is 4.79 Å². The van der Waals surface area contributed by atoms with Gasteiger partial charge in [-0.2, -0.15) is 0 Å². The molecule has 2 rings (SSSR count). The number of aldehydes is 1. The monoisotopic (exact) mass is 248 g/mol. The first-order valence-electron chi connectivity index (χ1n) is 5.12. The standard InChI is InChI=1S/C13H12O3S/c1-17-13-6-4-10(5-7-13)15-9-12-3-2-11(8-14)16-12/h2-8H,9H2,1H3. The molecule has 2 aromatic rings. The maximum absolute atomic E-state index is 10.4. The van der Waals surface area contributed by atoms with E-state index in [1.807, 2.05) is 30.5 Å². The van der Waals surface area contributed by atoms with Crippen LogP contribution >= 0.6 is 11.8 Å². The third kappa shape index (κ3) is 3.14. The molecule has 17 heavy (non-hydrogen) atoms. The van der Waals surface area contributed by atoms with Crippen LogP contribution in [0.1, 0.15) is 16.3 Å². The van der Waals surface area contributed by atoms with Gasteiger partial charge in [-0.25, -0.2) is 0 Å². The molecule has 1 aromatic heterocycles. The van der Waals surface area contributed by atoms with Crippen LogP contribution in [0.15, 0.2) is 45.7 Å². The molecule has 0 unspecified atom stereocenters. The Labute approximate surface area is 104 Å². The van der Waals surface area contributed by atoms with Crippen LogP contribution in [0.25, 0.3) is 0 Å². The molecule has 0 atom stereocenters. The highest BCUT2D eigenvalue weighted by atomic mass is 32.2. The molecule has 0 spiro atoms. The number of thioether (sulfide) groups is 1. The summed E-state index contributed by atoms with van der Waals surface area (Å²) in [6, 6.07) is 11.2. The lowest BCUT2D eigenvalue weighted by Crippen LogP contribution is -1.93. The van der Waals surface area contributed by atoms with E-state index in [9.17, 15) is 4.79 Å². The van der Waals surface area contributed by atoms with Crippen LogP contribution < -0.4 is 4.74 Å². The fourth-order valence-corrected chi connectivity index (χ4v) is 1.77. The molecule has 1 heterocycles. The predicted molar refractivity (Wildman–Crippen MR) is 66.7 cm³/mol. The summed E-state index contributed by atoms with van der Waals surface area (Å²) in [5.41, 5.74) is 0. The molecule has 0 N–H and O–H groups in total. The smallest absolute Gasteiger partial charge is 0.185 e. The van der Waals surface area contributed by atoms with Crippen LogP contribution in [0.2, 0.25) is 0 Å². The number of hydrogen-bond acceptors (Lipinski definition) is 4. The molecule has 0 bridgehead atoms. The summed E-state index contributed by atoms with van der Waals surface area (Å²) in [4.78, 5) is 11.6. The van der Waals surface area contributed by atoms with Gasteiger partial charge >= 0.3 is 0 Å². The number of carbonyl (C=O) groups is 1. The molecule has 0 saturated carbocycles. The van der Waals surface area contributed by atoms with Gasteiger partial charge in [-0.05, 0) is 42.7 Å². The lowest BCUT2D eigenvalue weighted by Gasteiger charge is -2.04. The fraction of sp³-hybridized carbons (Fsp3) is 0.154. The van der Waals surface area contributed by atoms with Crippen molar-refractivity contribution in [3.05, 3.63) is 47.9 Å². The summed E-state index contributed by atoms with van der Waals surface area (Å²) in [5, 5.41) is 0. The maximum Gasteiger partial charge on any atom is 0.185 e. The Morgan fingerprint density at radius 3 is 2.59 bits per heavy atom. The molecule has 0 amide bonds. The average molecular weight is 248 g/mol. The van der Waals surface area contributed by atoms with Crippen LogP contribution in [-0.2, 0) is 6.61 Å². The zero-order valence-electron chi connectivity index (χ0n) is 9.38. The Morgan fingerprint density at radius 1 is 1.24 bits per heavy atom. The van der Waals surface area contributed by atoms with Crippen molar-refractivity contribution in [2.75, 3.05) is 6.26 Å². The lowest BCUT2D eigenvalue weighted by molar-refractivity contribution is 0.109. The quantitative estimate of drug-likeness (QED) is 0.600. The van der Waals surface area contributed by atoms with Crippen molar-refractivity contribution in [2.24, 2.45) is 0 Å². The highest BCUT2D eigenvalue weighted by Crippen LogP contribution is 2.20. The van der Waals surface area contributed by atoms with Gasteiger partial charge in [0.15, 0.2) is 12.0 Å². The third-order valence-corrected chi connectivity index (χ3v) is 2.98. The normalized spacial score (nSPS) is 10.2. The van der Waals surface area contributed by atoms with Crippen molar-refractivity contribution in [1.29, 1.82) is 0 Å². The summed E-state index contributed by atoms with van der Waals surface area (Å²) in [7, 11) is 0. The van der Waals surface area contributed by atoms with Crippen molar-refractivity contribution in [3.8, 4) is 5.75 Å². The van der Waals surface area contributed by atoms with Gasteiger partial charge in [-0.15, -0.1) is 11.8 Å². The minimum atomic E-state index is 0.321. The number of carbonyl (C=O) groups excluding carboxylic acids is 1. The number of rotatable bonds is 5. The highest BCUT2D eigenvalue weighted by Gasteiger charge is 2.02. The van der Waals surface area contributed by atoms with Gasteiger partial charge in [0.05, 0.1) is 0 Å². The second-order valence-corrected chi connectivity index (χ2v) is 4.27. The van der Waals surface area contributed by atoms with Crippen molar-refractivity contribution >= 4 is 18.0 Å². The van der Waals surface area contributed by atoms with Gasteiger partial charge in [0.2, 0.25) is 0 Å². The maximum atomic E-state index is 10.4. The molecule has 4 heteroatoms. The highest BCUT2D eigenvalue weighted by molar-refractivity contribution is 7.98. The van der Waals surface area contributed by atoms with Gasteiger partial charge in [0.1, 0.15) is 18.1 Å². The Kier molecular flexibility index (Phi) is 3.88. The summed E-state index contributed by atoms with van der Waals surface area (Å²) in [5.74, 6) is 1.74. The molecule has 0 saturated heterocycles. The second kappa shape index (κ2) is 5.59. The number of hydrogen-bond donors (Lipinski definition) is 0. The first-order chi connectivity index (χ1) is 8.31. The van der Waals surface area contributed by atoms with Crippen LogP contribution in [0, 0.1) is 0 Å². The van der Waals surface area contributed by atoms with Crippen molar-refractivity contribution < 1.29 is 13.9 Å². The van der Waals surface area contributed by atoms with E-state index >= 15 is 0 Å². The fourth-order valence-electron chi connectivity index (χ4n) is 1.36. The molecule has 0 aliphatic heterocycles. The Balaban J connectivity index is 1.94. The predicted octanol–water partition coefficient (Wildman–Crippen LogP) is 3.39. The van der Waals surface area contributed by atoms with Gasteiger partial charge in [-0.1, -0.05) is 0 Å². The van der Waals surface area contributed by atoms with Crippen molar-refractivity contribution in [1.82, 2.24) is 0 Å². The van der Waals surface area contributed by atoms with E-state index in [2.05, 4.69) is 0 Å². The Bertz CT molecular complexity index is 488. The zero-order valence-corrected chi connectivity index (χ0v) is 10.2. The van der Waals surface area contributed by atoms with E-state index < -0.39 is 0 Å². The van der Waals surface area contributed by atoms with E-state index in [4.69, 9.17) is 9.15 Å². The summed E-state index contributed by atoms with van der Waals surface area (Å²) < 4.78 is 10.7. The van der Waals surface area contributed by atoms with Crippen LogP contribution in [0.5, 0.6) is 5.75 Å². The summed E-state index contributed by atoms with van der Waals surface area (Å²) in [6.07, 6.45) is 2.70. The molecule has 1 aromatic carbocycles. The minimum absolute atomic E-state index is 0.321. The first-order valence-corrected chi connectivity index (χ1v) is 6.35. The molecule has 3 nitrogen and oxygen atoms in total. The van der Waals surface area contributed by atoms with E-state index in [1.54, 1.807) is 23.9 Å². The molecule has 0 fully saturated rings. The first kappa shape index (κ1) is 11.8. The molecular weight excluding hydrogens is 236 g/mol. The van der Waals surface area contributed by atoms with Gasteiger partial charge in [0.25, 0.3) is 0 Å². The SMILES string of the molecule is CSc1ccc(OCc2ccc(C=O)o2)cc1. The zero-order chi connectivity index (χ0) is 12.1. The Morgan fingerprint density at radius 2 is 2.00 bits per heavy atom. The average Bonchev–Trinajstić information content (AvgIpc) is 2.85. The lowest BCUT2D eigenvalue weighted by atomic mass is 10.3. The second-order valence-electron chi connectivity index (χ2n) is 3.39. The van der Waals surface area contributed by atoms with Crippen LogP contribution in [-0.4, -0.2) is 12.5 Å². The largest absolute Gasteiger partial charge is 0.486 e. The molecule has 0 radical (unpaired) electrons. The van der Waals surface area contributed by atoms with Crippen molar-refractivity contribution in [2.45, 2.75) is 11.5 Å². The van der Waals surface area contributed by atoms with E-state index in [-0.39, 0.29) is 0 Å². The summed E-state index contributed by atoms with van der Waals surface area (Å²) >= 11 is 1.69. The number of furan rings is 1. The molecule has 0 aliphatic carbocycles. The molecule has 0 aliphatic rings. The number of benzene rings is 1. The van der Waals surface area contributed by atoms with E-state index in [1.165, 1.54) is 4.90 Å². The Hall–Kier alpha value is -1.68. The van der Waals surface area contributed by atoms with Crippen LogP contribution in [0.4, 0.5) is 0 Å². The number of ether oxygens (including phenoxy) is 1. The summed E-state index contributed by atoms with van der Waals surface area (Å²) in [6.45, 7) is 0.326.